The fourth-order valence-electron chi connectivity index (χ4n) is 2.45. The maximum Gasteiger partial charge on any atom is 0.418 e. The molecule has 0 saturated carbocycles. The Hall–Kier alpha value is -2.67. The number of likely N-dealkylation sites (N-methyl/N-ethyl adjacent to an activating group) is 1. The zero-order chi connectivity index (χ0) is 25.2. The van der Waals surface area contributed by atoms with E-state index in [1.165, 1.54) is 13.8 Å². The number of rotatable bonds is 4. The van der Waals surface area contributed by atoms with E-state index in [0.29, 0.717) is 22.8 Å². The zero-order valence-corrected chi connectivity index (χ0v) is 20.4. The Morgan fingerprint density at radius 1 is 1.09 bits per heavy atom. The Morgan fingerprint density at radius 3 is 2.39 bits per heavy atom. The van der Waals surface area contributed by atoms with Crippen molar-refractivity contribution in [1.29, 1.82) is 0 Å². The number of nitrogens with zero attached hydrogens (tertiary/aromatic N) is 1. The molecule has 0 spiro atoms. The van der Waals surface area contributed by atoms with Gasteiger partial charge in [0, 0.05) is 30.7 Å². The molecular formula is C20H32N3O9S+. The Bertz CT molecular complexity index is 777. The molecule has 1 aliphatic rings. The lowest BCUT2D eigenvalue weighted by molar-refractivity contribution is -0.870. The maximum atomic E-state index is 12.7. The molecular weight excluding hydrogens is 458 g/mol. The molecule has 0 aromatic carbocycles. The number of quaternary nitrogens is 1. The standard InChI is InChI=1S/C20H31N3O9S/c1-20(2)12-31-18(28)19(29)33-11-8-21-13(24)6-7-22-15(25)14(20)32-17(27)16(26)30-10-9-23(3,4)5/h14H,6-12H2,1-5H3,(H-,21,22,24,25)/p+1/t14-/m0/s1. The van der Waals surface area contributed by atoms with Crippen LogP contribution in [0.1, 0.15) is 20.3 Å². The highest BCUT2D eigenvalue weighted by Crippen LogP contribution is 2.25. The van der Waals surface area contributed by atoms with Crippen molar-refractivity contribution in [3.05, 3.63) is 0 Å². The third-order valence-electron chi connectivity index (χ3n) is 4.39. The summed E-state index contributed by atoms with van der Waals surface area (Å²) in [7, 11) is 5.63. The highest BCUT2D eigenvalue weighted by atomic mass is 32.2. The Balaban J connectivity index is 2.95. The molecule has 1 aliphatic heterocycles. The van der Waals surface area contributed by atoms with Crippen molar-refractivity contribution in [2.75, 3.05) is 59.7 Å². The quantitative estimate of drug-likeness (QED) is 0.208. The van der Waals surface area contributed by atoms with Crippen molar-refractivity contribution in [2.45, 2.75) is 26.4 Å². The molecule has 0 radical (unpaired) electrons. The Kier molecular flexibility index (Phi) is 10.8. The number of carbonyl (C=O) groups excluding carboxylic acids is 6. The van der Waals surface area contributed by atoms with Crippen LogP contribution in [-0.2, 0) is 43.0 Å². The molecule has 186 valence electrons. The minimum atomic E-state index is -1.57. The van der Waals surface area contributed by atoms with E-state index in [1.54, 1.807) is 0 Å². The average molecular weight is 491 g/mol. The number of amides is 2. The summed E-state index contributed by atoms with van der Waals surface area (Å²) < 4.78 is 15.5. The fraction of sp³-hybridized carbons (Fsp3) is 0.700. The third kappa shape index (κ3) is 10.7. The summed E-state index contributed by atoms with van der Waals surface area (Å²) in [6.45, 7) is 2.97. The molecule has 2 N–H and O–H groups in total. The van der Waals surface area contributed by atoms with Gasteiger partial charge in [-0.15, -0.1) is 0 Å². The Labute approximate surface area is 196 Å². The summed E-state index contributed by atoms with van der Waals surface area (Å²) in [6.07, 6.45) is -1.63. The summed E-state index contributed by atoms with van der Waals surface area (Å²) in [5, 5.41) is 4.15. The van der Waals surface area contributed by atoms with Gasteiger partial charge in [0.05, 0.1) is 21.1 Å². The number of thioether (sulfide) groups is 1. The van der Waals surface area contributed by atoms with E-state index in [0.717, 1.165) is 0 Å². The van der Waals surface area contributed by atoms with Crippen LogP contribution in [0.2, 0.25) is 0 Å². The van der Waals surface area contributed by atoms with E-state index >= 15 is 0 Å². The average Bonchev–Trinajstić information content (AvgIpc) is 2.71. The van der Waals surface area contributed by atoms with Gasteiger partial charge in [0.25, 0.3) is 11.0 Å². The number of carbonyl (C=O) groups is 6. The minimum absolute atomic E-state index is 0.0375. The van der Waals surface area contributed by atoms with Crippen molar-refractivity contribution >= 4 is 46.6 Å². The fourth-order valence-corrected chi connectivity index (χ4v) is 3.02. The highest BCUT2D eigenvalue weighted by molar-refractivity contribution is 8.15. The second kappa shape index (κ2) is 12.5. The second-order valence-corrected chi connectivity index (χ2v) is 10.1. The van der Waals surface area contributed by atoms with Crippen LogP contribution in [0.25, 0.3) is 0 Å². The van der Waals surface area contributed by atoms with Crippen LogP contribution in [0.4, 0.5) is 0 Å². The first-order valence-electron chi connectivity index (χ1n) is 10.3. The van der Waals surface area contributed by atoms with E-state index < -0.39 is 47.1 Å². The predicted molar refractivity (Wildman–Crippen MR) is 117 cm³/mol. The summed E-state index contributed by atoms with van der Waals surface area (Å²) in [6, 6.07) is 0. The van der Waals surface area contributed by atoms with E-state index in [9.17, 15) is 28.8 Å². The van der Waals surface area contributed by atoms with Gasteiger partial charge < -0.3 is 29.3 Å². The summed E-state index contributed by atoms with van der Waals surface area (Å²) >= 11 is 0.685. The van der Waals surface area contributed by atoms with Crippen molar-refractivity contribution in [3.8, 4) is 0 Å². The largest absolute Gasteiger partial charge is 0.459 e. The van der Waals surface area contributed by atoms with Crippen LogP contribution in [0.3, 0.4) is 0 Å². The van der Waals surface area contributed by atoms with Gasteiger partial charge in [0.2, 0.25) is 5.91 Å². The first kappa shape index (κ1) is 28.4. The van der Waals surface area contributed by atoms with Crippen LogP contribution in [-0.4, -0.2) is 105 Å². The molecule has 13 heteroatoms. The van der Waals surface area contributed by atoms with Crippen molar-refractivity contribution in [3.63, 3.8) is 0 Å². The molecule has 1 rings (SSSR count). The topological polar surface area (TPSA) is 154 Å². The molecule has 0 aromatic heterocycles. The molecule has 1 saturated heterocycles. The lowest BCUT2D eigenvalue weighted by atomic mass is 9.86. The number of esters is 3. The van der Waals surface area contributed by atoms with Gasteiger partial charge in [-0.3, -0.25) is 14.4 Å². The predicted octanol–water partition coefficient (Wildman–Crippen LogP) is -1.39. The number of nitrogens with one attached hydrogen (secondary N) is 2. The molecule has 33 heavy (non-hydrogen) atoms. The highest BCUT2D eigenvalue weighted by Gasteiger charge is 2.41. The van der Waals surface area contributed by atoms with Crippen LogP contribution in [0, 0.1) is 5.41 Å². The molecule has 1 atom stereocenters. The van der Waals surface area contributed by atoms with Crippen molar-refractivity contribution in [2.24, 2.45) is 5.41 Å². The number of hydrogen-bond acceptors (Lipinski definition) is 10. The monoisotopic (exact) mass is 490 g/mol. The summed E-state index contributed by atoms with van der Waals surface area (Å²) in [4.78, 5) is 72.7. The SMILES string of the molecule is CC1(C)COC(=O)C(=O)SCCNC(=O)CCNC(=O)[C@@H]1OC(=O)C(=O)OCC[N+](C)(C)C. The Morgan fingerprint density at radius 2 is 1.76 bits per heavy atom. The summed E-state index contributed by atoms with van der Waals surface area (Å²) in [5.41, 5.74) is -1.31. The molecule has 2 amide bonds. The zero-order valence-electron chi connectivity index (χ0n) is 19.6. The van der Waals surface area contributed by atoms with Gasteiger partial charge in [0.1, 0.15) is 19.8 Å². The van der Waals surface area contributed by atoms with Gasteiger partial charge in [-0.1, -0.05) is 25.6 Å². The molecule has 0 unspecified atom stereocenters. The first-order valence-corrected chi connectivity index (χ1v) is 11.3. The van der Waals surface area contributed by atoms with Crippen molar-refractivity contribution in [1.82, 2.24) is 10.6 Å². The maximum absolute atomic E-state index is 12.7. The van der Waals surface area contributed by atoms with Crippen LogP contribution >= 0.6 is 11.8 Å². The normalized spacial score (nSPS) is 20.9. The van der Waals surface area contributed by atoms with Crippen LogP contribution < -0.4 is 10.6 Å². The van der Waals surface area contributed by atoms with Gasteiger partial charge in [-0.25, -0.2) is 14.4 Å². The molecule has 1 fully saturated rings. The van der Waals surface area contributed by atoms with Gasteiger partial charge in [-0.2, -0.15) is 0 Å². The van der Waals surface area contributed by atoms with E-state index in [1.807, 2.05) is 21.1 Å². The van der Waals surface area contributed by atoms with Crippen LogP contribution in [0.5, 0.6) is 0 Å². The number of hydrogen-bond donors (Lipinski definition) is 2. The molecule has 0 bridgehead atoms. The molecule has 1 heterocycles. The van der Waals surface area contributed by atoms with E-state index in [4.69, 9.17) is 14.2 Å². The molecule has 12 nitrogen and oxygen atoms in total. The van der Waals surface area contributed by atoms with Crippen LogP contribution in [0.15, 0.2) is 0 Å². The first-order chi connectivity index (χ1) is 15.2. The molecule has 0 aliphatic carbocycles. The van der Waals surface area contributed by atoms with Gasteiger partial charge >= 0.3 is 17.9 Å². The van der Waals surface area contributed by atoms with E-state index in [2.05, 4.69) is 10.6 Å². The number of cyclic esters (lactones) is 1. The van der Waals surface area contributed by atoms with Gasteiger partial charge in [0.15, 0.2) is 6.10 Å². The minimum Gasteiger partial charge on any atom is -0.459 e. The summed E-state index contributed by atoms with van der Waals surface area (Å²) in [5.74, 6) is -4.81. The lowest BCUT2D eigenvalue weighted by Gasteiger charge is -2.31. The van der Waals surface area contributed by atoms with Gasteiger partial charge in [-0.05, 0) is 0 Å². The van der Waals surface area contributed by atoms with E-state index in [-0.39, 0.29) is 37.8 Å². The molecule has 0 aromatic rings. The number of ether oxygens (including phenoxy) is 3. The van der Waals surface area contributed by atoms with Crippen molar-refractivity contribution < 1.29 is 47.5 Å². The lowest BCUT2D eigenvalue weighted by Crippen LogP contribution is -2.50. The smallest absolute Gasteiger partial charge is 0.418 e. The second-order valence-electron chi connectivity index (χ2n) is 9.03. The third-order valence-corrected chi connectivity index (χ3v) is 5.22.